The second-order valence-corrected chi connectivity index (χ2v) is 7.65. The summed E-state index contributed by atoms with van der Waals surface area (Å²) in [4.78, 5) is 4.50. The van der Waals surface area contributed by atoms with Crippen molar-refractivity contribution in [3.8, 4) is 0 Å². The number of nitrogens with zero attached hydrogens (tertiary/aromatic N) is 1. The minimum atomic E-state index is -3.59. The Hall–Kier alpha value is -1.35. The van der Waals surface area contributed by atoms with Crippen LogP contribution in [0.2, 0.25) is 0 Å². The summed E-state index contributed by atoms with van der Waals surface area (Å²) in [5.41, 5.74) is 6.05. The SMILES string of the molecule is CC(CNS(=O)(=O)c1cccc(C(N)=S)c1)c1nccs1. The lowest BCUT2D eigenvalue weighted by molar-refractivity contribution is 0.574. The number of nitrogens with one attached hydrogen (secondary N) is 1. The number of hydrogen-bond acceptors (Lipinski definition) is 5. The van der Waals surface area contributed by atoms with E-state index in [0.717, 1.165) is 5.01 Å². The molecule has 0 spiro atoms. The van der Waals surface area contributed by atoms with Crippen LogP contribution in [0.25, 0.3) is 0 Å². The largest absolute Gasteiger partial charge is 0.389 e. The van der Waals surface area contributed by atoms with Crippen molar-refractivity contribution in [1.29, 1.82) is 0 Å². The maximum atomic E-state index is 12.3. The van der Waals surface area contributed by atoms with E-state index in [1.807, 2.05) is 12.3 Å². The Morgan fingerprint density at radius 3 is 2.90 bits per heavy atom. The van der Waals surface area contributed by atoms with E-state index in [1.54, 1.807) is 18.3 Å². The van der Waals surface area contributed by atoms with E-state index >= 15 is 0 Å². The fraction of sp³-hybridized carbons (Fsp3) is 0.231. The third-order valence-corrected chi connectivity index (χ3v) is 5.55. The van der Waals surface area contributed by atoms with Crippen LogP contribution in [0.3, 0.4) is 0 Å². The lowest BCUT2D eigenvalue weighted by atomic mass is 10.2. The van der Waals surface area contributed by atoms with Crippen molar-refractivity contribution >= 4 is 38.6 Å². The maximum absolute atomic E-state index is 12.3. The molecule has 0 aliphatic rings. The molecule has 1 unspecified atom stereocenters. The van der Waals surface area contributed by atoms with Crippen LogP contribution in [0, 0.1) is 0 Å². The summed E-state index contributed by atoms with van der Waals surface area (Å²) in [6, 6.07) is 6.28. The highest BCUT2D eigenvalue weighted by molar-refractivity contribution is 7.89. The zero-order chi connectivity index (χ0) is 15.5. The number of thiocarbonyl (C=S) groups is 1. The number of rotatable bonds is 6. The molecule has 1 aromatic heterocycles. The number of hydrogen-bond donors (Lipinski definition) is 2. The van der Waals surface area contributed by atoms with Crippen molar-refractivity contribution in [2.24, 2.45) is 5.73 Å². The predicted octanol–water partition coefficient (Wildman–Crippen LogP) is 1.86. The molecule has 0 fully saturated rings. The van der Waals surface area contributed by atoms with E-state index in [2.05, 4.69) is 9.71 Å². The third-order valence-electron chi connectivity index (χ3n) is 2.88. The van der Waals surface area contributed by atoms with Gasteiger partial charge in [-0.15, -0.1) is 11.3 Å². The van der Waals surface area contributed by atoms with Crippen LogP contribution in [0.1, 0.15) is 23.4 Å². The molecule has 0 amide bonds. The molecule has 3 N–H and O–H groups in total. The molecule has 112 valence electrons. The molecule has 0 radical (unpaired) electrons. The Balaban J connectivity index is 2.11. The molecule has 5 nitrogen and oxygen atoms in total. The second-order valence-electron chi connectivity index (χ2n) is 4.52. The minimum absolute atomic E-state index is 0.0125. The minimum Gasteiger partial charge on any atom is -0.389 e. The van der Waals surface area contributed by atoms with Crippen molar-refractivity contribution in [2.45, 2.75) is 17.7 Å². The molecule has 0 saturated carbocycles. The highest BCUT2D eigenvalue weighted by Gasteiger charge is 2.17. The zero-order valence-electron chi connectivity index (χ0n) is 11.3. The first-order chi connectivity index (χ1) is 9.90. The summed E-state index contributed by atoms with van der Waals surface area (Å²) < 4.78 is 27.1. The van der Waals surface area contributed by atoms with Crippen LogP contribution >= 0.6 is 23.6 Å². The average Bonchev–Trinajstić information content (AvgIpc) is 2.99. The van der Waals surface area contributed by atoms with Crippen LogP contribution in [-0.2, 0) is 10.0 Å². The van der Waals surface area contributed by atoms with E-state index in [4.69, 9.17) is 18.0 Å². The molecule has 0 bridgehead atoms. The summed E-state index contributed by atoms with van der Waals surface area (Å²) in [6.07, 6.45) is 1.71. The molecule has 2 rings (SSSR count). The summed E-state index contributed by atoms with van der Waals surface area (Å²) in [6.45, 7) is 2.21. The van der Waals surface area contributed by atoms with Gasteiger partial charge in [0, 0.05) is 29.6 Å². The summed E-state index contributed by atoms with van der Waals surface area (Å²) in [5, 5.41) is 2.76. The second kappa shape index (κ2) is 6.61. The lowest BCUT2D eigenvalue weighted by Crippen LogP contribution is -2.28. The Morgan fingerprint density at radius 1 is 1.52 bits per heavy atom. The van der Waals surface area contributed by atoms with Gasteiger partial charge in [0.25, 0.3) is 0 Å². The van der Waals surface area contributed by atoms with Crippen molar-refractivity contribution < 1.29 is 8.42 Å². The standard InChI is InChI=1S/C13H15N3O2S3/c1-9(13-15-5-6-20-13)8-16-21(17,18)11-4-2-3-10(7-11)12(14)19/h2-7,9,16H,8H2,1H3,(H2,14,19). The van der Waals surface area contributed by atoms with Gasteiger partial charge in [-0.2, -0.15) is 0 Å². The maximum Gasteiger partial charge on any atom is 0.240 e. The Morgan fingerprint density at radius 2 is 2.29 bits per heavy atom. The molecule has 1 heterocycles. The van der Waals surface area contributed by atoms with E-state index in [9.17, 15) is 8.42 Å². The fourth-order valence-electron chi connectivity index (χ4n) is 1.70. The summed E-state index contributed by atoms with van der Waals surface area (Å²) in [5.74, 6) is 0.0125. The van der Waals surface area contributed by atoms with Gasteiger partial charge in [0.1, 0.15) is 4.99 Å². The van der Waals surface area contributed by atoms with Gasteiger partial charge in [0.05, 0.1) is 9.90 Å². The molecule has 0 aliphatic carbocycles. The quantitative estimate of drug-likeness (QED) is 0.783. The van der Waals surface area contributed by atoms with Crippen molar-refractivity contribution in [3.05, 3.63) is 46.4 Å². The van der Waals surface area contributed by atoms with Crippen LogP contribution in [-0.4, -0.2) is 24.9 Å². The lowest BCUT2D eigenvalue weighted by Gasteiger charge is -2.11. The highest BCUT2D eigenvalue weighted by atomic mass is 32.2. The van der Waals surface area contributed by atoms with Gasteiger partial charge < -0.3 is 5.73 Å². The number of benzene rings is 1. The van der Waals surface area contributed by atoms with Gasteiger partial charge >= 0.3 is 0 Å². The van der Waals surface area contributed by atoms with Gasteiger partial charge in [0.15, 0.2) is 0 Å². The van der Waals surface area contributed by atoms with E-state index < -0.39 is 10.0 Å². The van der Waals surface area contributed by atoms with Crippen molar-refractivity contribution in [3.63, 3.8) is 0 Å². The molecule has 0 aliphatic heterocycles. The molecule has 2 aromatic rings. The normalized spacial score (nSPS) is 13.0. The number of nitrogens with two attached hydrogens (primary N) is 1. The van der Waals surface area contributed by atoms with Crippen molar-refractivity contribution in [2.75, 3.05) is 6.54 Å². The monoisotopic (exact) mass is 341 g/mol. The van der Waals surface area contributed by atoms with Gasteiger partial charge in [-0.05, 0) is 12.1 Å². The van der Waals surface area contributed by atoms with Crippen LogP contribution < -0.4 is 10.5 Å². The summed E-state index contributed by atoms with van der Waals surface area (Å²) in [7, 11) is -3.59. The molecular formula is C13H15N3O2S3. The molecular weight excluding hydrogens is 326 g/mol. The summed E-state index contributed by atoms with van der Waals surface area (Å²) >= 11 is 6.36. The van der Waals surface area contributed by atoms with Gasteiger partial charge in [-0.25, -0.2) is 18.1 Å². The first-order valence-electron chi connectivity index (χ1n) is 6.19. The van der Waals surface area contributed by atoms with Crippen LogP contribution in [0.4, 0.5) is 0 Å². The highest BCUT2D eigenvalue weighted by Crippen LogP contribution is 2.18. The fourth-order valence-corrected chi connectivity index (χ4v) is 3.70. The average molecular weight is 341 g/mol. The van der Waals surface area contributed by atoms with E-state index in [0.29, 0.717) is 5.56 Å². The zero-order valence-corrected chi connectivity index (χ0v) is 13.8. The van der Waals surface area contributed by atoms with Crippen LogP contribution in [0.5, 0.6) is 0 Å². The van der Waals surface area contributed by atoms with Crippen LogP contribution in [0.15, 0.2) is 40.7 Å². The Kier molecular flexibility index (Phi) is 5.04. The number of sulfonamides is 1. The molecule has 21 heavy (non-hydrogen) atoms. The molecule has 1 atom stereocenters. The topological polar surface area (TPSA) is 85.1 Å². The van der Waals surface area contributed by atoms with Gasteiger partial charge in [-0.3, -0.25) is 0 Å². The first-order valence-corrected chi connectivity index (χ1v) is 8.96. The van der Waals surface area contributed by atoms with Crippen molar-refractivity contribution in [1.82, 2.24) is 9.71 Å². The number of thiazole rings is 1. The smallest absolute Gasteiger partial charge is 0.240 e. The Bertz CT molecular complexity index is 727. The number of aromatic nitrogens is 1. The first kappa shape index (κ1) is 16.0. The Labute approximate surface area is 133 Å². The molecule has 0 saturated heterocycles. The van der Waals surface area contributed by atoms with Gasteiger partial charge in [-0.1, -0.05) is 31.3 Å². The molecule has 8 heteroatoms. The van der Waals surface area contributed by atoms with E-state index in [1.165, 1.54) is 23.5 Å². The van der Waals surface area contributed by atoms with Gasteiger partial charge in [0.2, 0.25) is 10.0 Å². The molecule has 1 aromatic carbocycles. The van der Waals surface area contributed by atoms with E-state index in [-0.39, 0.29) is 22.3 Å². The third kappa shape index (κ3) is 4.07. The predicted molar refractivity (Wildman–Crippen MR) is 88.0 cm³/mol.